The predicted molar refractivity (Wildman–Crippen MR) is 62.7 cm³/mol. The van der Waals surface area contributed by atoms with Crippen molar-refractivity contribution < 1.29 is 15.0 Å². The van der Waals surface area contributed by atoms with Gasteiger partial charge in [-0.25, -0.2) is 0 Å². The molecule has 2 unspecified atom stereocenters. The van der Waals surface area contributed by atoms with Crippen LogP contribution in [0.1, 0.15) is 47.0 Å². The van der Waals surface area contributed by atoms with Crippen LogP contribution in [0.2, 0.25) is 0 Å². The van der Waals surface area contributed by atoms with Gasteiger partial charge in [0.25, 0.3) is 0 Å². The number of carbonyl (C=O) groups excluding carboxylic acids is 1. The number of Topliss-reactive ketones (excluding diaryl/α,β-unsaturated/α-hetero) is 1. The zero-order valence-electron chi connectivity index (χ0n) is 10.7. The Hall–Kier alpha value is -0.410. The second-order valence-electron chi connectivity index (χ2n) is 5.69. The minimum absolute atomic E-state index is 0.284. The molecule has 2 N–H and O–H groups in total. The van der Waals surface area contributed by atoms with Gasteiger partial charge in [-0.15, -0.1) is 0 Å². The van der Waals surface area contributed by atoms with Crippen LogP contribution in [0.15, 0.2) is 0 Å². The molecule has 0 saturated heterocycles. The Morgan fingerprint density at radius 3 is 2.44 bits per heavy atom. The summed E-state index contributed by atoms with van der Waals surface area (Å²) in [5.41, 5.74) is -0.379. The minimum Gasteiger partial charge on any atom is -0.368 e. The first kappa shape index (κ1) is 13.7. The van der Waals surface area contributed by atoms with Gasteiger partial charge in [0.1, 0.15) is 5.78 Å². The van der Waals surface area contributed by atoms with E-state index < -0.39 is 6.29 Å². The van der Waals surface area contributed by atoms with Crippen LogP contribution in [-0.4, -0.2) is 22.3 Å². The van der Waals surface area contributed by atoms with E-state index in [4.69, 9.17) is 10.2 Å². The largest absolute Gasteiger partial charge is 0.368 e. The third-order valence-electron chi connectivity index (χ3n) is 4.76. The maximum atomic E-state index is 12.1. The Morgan fingerprint density at radius 1 is 1.38 bits per heavy atom. The van der Waals surface area contributed by atoms with Crippen LogP contribution >= 0.6 is 0 Å². The summed E-state index contributed by atoms with van der Waals surface area (Å²) >= 11 is 0. The maximum Gasteiger partial charge on any atom is 0.151 e. The molecule has 3 heteroatoms. The van der Waals surface area contributed by atoms with Gasteiger partial charge >= 0.3 is 0 Å². The molecule has 0 aromatic heterocycles. The van der Waals surface area contributed by atoms with E-state index in [0.717, 1.165) is 0 Å². The molecule has 0 amide bonds. The van der Waals surface area contributed by atoms with Crippen LogP contribution < -0.4 is 0 Å². The number of ketones is 1. The summed E-state index contributed by atoms with van der Waals surface area (Å²) in [7, 11) is 0. The van der Waals surface area contributed by atoms with Crippen molar-refractivity contribution >= 4 is 5.78 Å². The van der Waals surface area contributed by atoms with Crippen molar-refractivity contribution in [3.63, 3.8) is 0 Å². The molecule has 1 fully saturated rings. The van der Waals surface area contributed by atoms with Crippen LogP contribution in [0.5, 0.6) is 0 Å². The monoisotopic (exact) mass is 228 g/mol. The SMILES string of the molecule is CC1C(C)[C@@](C)(CCC(O)O)C(=O)C[C@@H]1C. The first-order valence-electron chi connectivity index (χ1n) is 6.18. The van der Waals surface area contributed by atoms with Crippen molar-refractivity contribution in [1.82, 2.24) is 0 Å². The summed E-state index contributed by atoms with van der Waals surface area (Å²) in [4.78, 5) is 12.1. The highest BCUT2D eigenvalue weighted by Gasteiger charge is 2.46. The second-order valence-corrected chi connectivity index (χ2v) is 5.69. The van der Waals surface area contributed by atoms with E-state index in [2.05, 4.69) is 20.8 Å². The highest BCUT2D eigenvalue weighted by atomic mass is 16.5. The van der Waals surface area contributed by atoms with E-state index >= 15 is 0 Å². The fourth-order valence-electron chi connectivity index (χ4n) is 2.83. The normalized spacial score (nSPS) is 40.4. The highest BCUT2D eigenvalue weighted by molar-refractivity contribution is 5.85. The van der Waals surface area contributed by atoms with Gasteiger partial charge in [-0.05, 0) is 30.6 Å². The van der Waals surface area contributed by atoms with Gasteiger partial charge in [-0.2, -0.15) is 0 Å². The lowest BCUT2D eigenvalue weighted by Gasteiger charge is -2.45. The molecular weight excluding hydrogens is 204 g/mol. The Kier molecular flexibility index (Phi) is 4.13. The molecule has 0 heterocycles. The van der Waals surface area contributed by atoms with Gasteiger partial charge in [-0.1, -0.05) is 27.7 Å². The zero-order chi connectivity index (χ0) is 12.5. The topological polar surface area (TPSA) is 57.5 Å². The van der Waals surface area contributed by atoms with Gasteiger partial charge in [0.15, 0.2) is 6.29 Å². The fourth-order valence-corrected chi connectivity index (χ4v) is 2.83. The number of rotatable bonds is 3. The predicted octanol–water partition coefficient (Wildman–Crippen LogP) is 1.96. The summed E-state index contributed by atoms with van der Waals surface area (Å²) in [6, 6.07) is 0. The lowest BCUT2D eigenvalue weighted by atomic mass is 9.58. The van der Waals surface area contributed by atoms with Crippen LogP contribution in [0.4, 0.5) is 0 Å². The molecule has 1 saturated carbocycles. The van der Waals surface area contributed by atoms with Crippen LogP contribution in [-0.2, 0) is 4.79 Å². The van der Waals surface area contributed by atoms with E-state index in [1.54, 1.807) is 0 Å². The van der Waals surface area contributed by atoms with E-state index in [1.807, 2.05) is 6.92 Å². The Bertz CT molecular complexity index is 262. The average molecular weight is 228 g/mol. The molecule has 1 aliphatic carbocycles. The minimum atomic E-state index is -1.30. The van der Waals surface area contributed by atoms with Gasteiger partial charge in [0, 0.05) is 11.8 Å². The number of aliphatic hydroxyl groups is 2. The van der Waals surface area contributed by atoms with Crippen molar-refractivity contribution in [2.75, 3.05) is 0 Å². The highest BCUT2D eigenvalue weighted by Crippen LogP contribution is 2.46. The first-order chi connectivity index (χ1) is 7.29. The molecule has 0 aromatic carbocycles. The van der Waals surface area contributed by atoms with E-state index in [9.17, 15) is 4.79 Å². The molecule has 4 atom stereocenters. The van der Waals surface area contributed by atoms with Crippen LogP contribution in [0.25, 0.3) is 0 Å². The van der Waals surface area contributed by atoms with Crippen molar-refractivity contribution in [1.29, 1.82) is 0 Å². The maximum absolute atomic E-state index is 12.1. The summed E-state index contributed by atoms with van der Waals surface area (Å²) in [6.45, 7) is 8.40. The average Bonchev–Trinajstić information content (AvgIpc) is 2.21. The zero-order valence-corrected chi connectivity index (χ0v) is 10.7. The molecule has 0 aromatic rings. The molecule has 0 spiro atoms. The van der Waals surface area contributed by atoms with E-state index in [-0.39, 0.29) is 17.6 Å². The smallest absolute Gasteiger partial charge is 0.151 e. The number of carbonyl (C=O) groups is 1. The van der Waals surface area contributed by atoms with Crippen LogP contribution in [0, 0.1) is 23.2 Å². The van der Waals surface area contributed by atoms with Gasteiger partial charge in [0.05, 0.1) is 0 Å². The van der Waals surface area contributed by atoms with Gasteiger partial charge < -0.3 is 10.2 Å². The lowest BCUT2D eigenvalue weighted by Crippen LogP contribution is -2.45. The van der Waals surface area contributed by atoms with Crippen molar-refractivity contribution in [2.24, 2.45) is 23.2 Å². The summed E-state index contributed by atoms with van der Waals surface area (Å²) in [5, 5.41) is 17.9. The van der Waals surface area contributed by atoms with Gasteiger partial charge in [0.2, 0.25) is 0 Å². The third-order valence-corrected chi connectivity index (χ3v) is 4.76. The summed E-state index contributed by atoms with van der Waals surface area (Å²) in [6.07, 6.45) is 0.186. The number of aliphatic hydroxyl groups excluding tert-OH is 1. The first-order valence-corrected chi connectivity index (χ1v) is 6.18. The quantitative estimate of drug-likeness (QED) is 0.726. The Morgan fingerprint density at radius 2 is 1.94 bits per heavy atom. The number of hydrogen-bond donors (Lipinski definition) is 2. The van der Waals surface area contributed by atoms with Crippen LogP contribution in [0.3, 0.4) is 0 Å². The van der Waals surface area contributed by atoms with E-state index in [0.29, 0.717) is 30.6 Å². The molecule has 0 radical (unpaired) electrons. The molecule has 1 aliphatic rings. The summed E-state index contributed by atoms with van der Waals surface area (Å²) < 4.78 is 0. The molecule has 1 rings (SSSR count). The number of hydrogen-bond acceptors (Lipinski definition) is 3. The van der Waals surface area contributed by atoms with Gasteiger partial charge in [-0.3, -0.25) is 4.79 Å². The second kappa shape index (κ2) is 4.84. The molecule has 3 nitrogen and oxygen atoms in total. The van der Waals surface area contributed by atoms with Crippen molar-refractivity contribution in [2.45, 2.75) is 53.2 Å². The standard InChI is InChI=1S/C13H24O3/c1-8-7-11(14)13(4,6-5-12(15)16)10(3)9(8)2/h8-10,12,15-16H,5-7H2,1-4H3/t8-,9?,10?,13+/m0/s1. The molecule has 16 heavy (non-hydrogen) atoms. The van der Waals surface area contributed by atoms with E-state index in [1.165, 1.54) is 0 Å². The lowest BCUT2D eigenvalue weighted by molar-refractivity contribution is -0.141. The Balaban J connectivity index is 2.79. The molecule has 94 valence electrons. The van der Waals surface area contributed by atoms with Crippen molar-refractivity contribution in [3.8, 4) is 0 Å². The Labute approximate surface area is 97.9 Å². The molecule has 0 aliphatic heterocycles. The fraction of sp³-hybridized carbons (Fsp3) is 0.923. The summed E-state index contributed by atoms with van der Waals surface area (Å²) in [5.74, 6) is 1.54. The third kappa shape index (κ3) is 2.46. The van der Waals surface area contributed by atoms with Crippen molar-refractivity contribution in [3.05, 3.63) is 0 Å². The molecular formula is C13H24O3. The molecule has 0 bridgehead atoms.